The van der Waals surface area contributed by atoms with E-state index < -0.39 is 0 Å². The lowest BCUT2D eigenvalue weighted by Crippen LogP contribution is -2.03. The average molecular weight is 214 g/mol. The lowest BCUT2D eigenvalue weighted by Gasteiger charge is -2.05. The Labute approximate surface area is 84.1 Å². The first-order valence-corrected chi connectivity index (χ1v) is 4.81. The van der Waals surface area contributed by atoms with Crippen LogP contribution in [0.15, 0.2) is 24.3 Å². The molecule has 0 radical (unpaired) electrons. The van der Waals surface area contributed by atoms with Gasteiger partial charge in [0.2, 0.25) is 0 Å². The maximum absolute atomic E-state index is 10.1. The molecule has 5 heteroatoms. The van der Waals surface area contributed by atoms with Crippen LogP contribution in [0, 0.1) is 0 Å². The highest BCUT2D eigenvalue weighted by Crippen LogP contribution is 2.19. The van der Waals surface area contributed by atoms with Crippen LogP contribution in [-0.2, 0) is 9.30 Å². The fourth-order valence-corrected chi connectivity index (χ4v) is 1.09. The van der Waals surface area contributed by atoms with Crippen LogP contribution in [0.1, 0.15) is 0 Å². The van der Waals surface area contributed by atoms with Gasteiger partial charge in [-0.1, -0.05) is 0 Å². The van der Waals surface area contributed by atoms with Crippen molar-refractivity contribution in [3.8, 4) is 11.5 Å². The molecule has 0 N–H and O–H groups in total. The van der Waals surface area contributed by atoms with Crippen molar-refractivity contribution in [2.24, 2.45) is 0 Å². The molecule has 0 saturated heterocycles. The molecule has 1 aromatic carbocycles. The summed E-state index contributed by atoms with van der Waals surface area (Å²) < 4.78 is 25.0. The van der Waals surface area contributed by atoms with E-state index in [4.69, 9.17) is 14.0 Å². The summed E-state index contributed by atoms with van der Waals surface area (Å²) in [6, 6.07) is 6.87. The van der Waals surface area contributed by atoms with Crippen LogP contribution in [0.2, 0.25) is 0 Å². The van der Waals surface area contributed by atoms with Gasteiger partial charge in [-0.05, 0) is 24.3 Å². The van der Waals surface area contributed by atoms with E-state index in [0.717, 1.165) is 5.75 Å². The van der Waals surface area contributed by atoms with E-state index in [1.165, 1.54) is 0 Å². The number of benzene rings is 1. The summed E-state index contributed by atoms with van der Waals surface area (Å²) in [4.78, 5) is 0. The Balaban J connectivity index is 2.42. The van der Waals surface area contributed by atoms with Gasteiger partial charge in [0.05, 0.1) is 6.61 Å². The molecule has 0 amide bonds. The summed E-state index contributed by atoms with van der Waals surface area (Å²) >= 11 is 0. The first kappa shape index (κ1) is 11.0. The summed E-state index contributed by atoms with van der Waals surface area (Å²) in [6.07, 6.45) is 0. The third-order valence-corrected chi connectivity index (χ3v) is 1.81. The van der Waals surface area contributed by atoms with Crippen molar-refractivity contribution in [3.63, 3.8) is 0 Å². The van der Waals surface area contributed by atoms with Crippen LogP contribution >= 0.6 is 8.69 Å². The topological polar surface area (TPSA) is 44.8 Å². The highest BCUT2D eigenvalue weighted by molar-refractivity contribution is 7.17. The molecule has 0 bridgehead atoms. The van der Waals surface area contributed by atoms with Crippen molar-refractivity contribution >= 4 is 8.69 Å². The van der Waals surface area contributed by atoms with Gasteiger partial charge in [0, 0.05) is 7.11 Å². The normalized spacial score (nSPS) is 10.1. The Kier molecular flexibility index (Phi) is 4.97. The Morgan fingerprint density at radius 1 is 1.14 bits per heavy atom. The Hall–Kier alpha value is -1.12. The van der Waals surface area contributed by atoms with Gasteiger partial charge in [-0.2, -0.15) is 0 Å². The fourth-order valence-electron chi connectivity index (χ4n) is 0.883. The molecule has 0 aliphatic rings. The zero-order valence-electron chi connectivity index (χ0n) is 7.80. The molecule has 0 heterocycles. The molecule has 0 atom stereocenters. The third-order valence-electron chi connectivity index (χ3n) is 1.52. The average Bonchev–Trinajstić information content (AvgIpc) is 2.21. The summed E-state index contributed by atoms with van der Waals surface area (Å²) in [5, 5.41) is 0. The van der Waals surface area contributed by atoms with E-state index in [-0.39, 0.29) is 8.69 Å². The highest BCUT2D eigenvalue weighted by atomic mass is 31.1. The highest BCUT2D eigenvalue weighted by Gasteiger charge is 1.95. The van der Waals surface area contributed by atoms with Gasteiger partial charge in [0.15, 0.2) is 0 Å². The van der Waals surface area contributed by atoms with Crippen LogP contribution in [0.25, 0.3) is 0 Å². The van der Waals surface area contributed by atoms with Crippen molar-refractivity contribution in [2.75, 3.05) is 20.3 Å². The van der Waals surface area contributed by atoms with Gasteiger partial charge in [0.25, 0.3) is 0 Å². The number of ether oxygens (including phenoxy) is 2. The maximum atomic E-state index is 10.1. The molecular formula is C9H11O4P. The molecule has 1 rings (SSSR count). The number of hydrogen-bond acceptors (Lipinski definition) is 4. The predicted molar refractivity (Wildman–Crippen MR) is 52.0 cm³/mol. The molecule has 1 aromatic rings. The quantitative estimate of drug-likeness (QED) is 0.538. The molecular weight excluding hydrogens is 203 g/mol. The summed E-state index contributed by atoms with van der Waals surface area (Å²) in [5.41, 5.74) is 0. The van der Waals surface area contributed by atoms with E-state index >= 15 is 0 Å². The van der Waals surface area contributed by atoms with Crippen molar-refractivity contribution in [1.29, 1.82) is 0 Å². The molecule has 14 heavy (non-hydrogen) atoms. The summed E-state index contributed by atoms with van der Waals surface area (Å²) in [5.74, 6) is 1.28. The lowest BCUT2D eigenvalue weighted by atomic mass is 10.3. The monoisotopic (exact) mass is 214 g/mol. The van der Waals surface area contributed by atoms with Crippen molar-refractivity contribution in [3.05, 3.63) is 24.3 Å². The molecule has 0 unspecified atom stereocenters. The summed E-state index contributed by atoms with van der Waals surface area (Å²) in [7, 11) is 1.27. The first-order valence-electron chi connectivity index (χ1n) is 4.08. The van der Waals surface area contributed by atoms with E-state index in [1.54, 1.807) is 31.4 Å². The zero-order valence-corrected chi connectivity index (χ0v) is 8.70. The molecule has 0 saturated carbocycles. The van der Waals surface area contributed by atoms with E-state index in [2.05, 4.69) is 0 Å². The zero-order chi connectivity index (χ0) is 10.2. The Morgan fingerprint density at radius 2 is 1.79 bits per heavy atom. The standard InChI is InChI=1S/C9H11O4P/c1-11-6-7-12-8-2-4-9(5-3-8)13-14-10/h2-5H,6-7H2,1H3. The second-order valence-electron chi connectivity index (χ2n) is 2.48. The minimum absolute atomic E-state index is 0.353. The smallest absolute Gasteiger partial charge is 0.395 e. The second-order valence-corrected chi connectivity index (χ2v) is 2.81. The summed E-state index contributed by atoms with van der Waals surface area (Å²) in [6.45, 7) is 1.06. The number of methoxy groups -OCH3 is 1. The van der Waals surface area contributed by atoms with Gasteiger partial charge < -0.3 is 14.0 Å². The minimum Gasteiger partial charge on any atom is -0.491 e. The van der Waals surface area contributed by atoms with E-state index in [9.17, 15) is 4.57 Å². The van der Waals surface area contributed by atoms with Crippen LogP contribution < -0.4 is 9.26 Å². The van der Waals surface area contributed by atoms with Crippen LogP contribution in [0.4, 0.5) is 0 Å². The molecule has 0 aliphatic heterocycles. The van der Waals surface area contributed by atoms with Crippen LogP contribution in [-0.4, -0.2) is 20.3 Å². The first-order chi connectivity index (χ1) is 6.86. The van der Waals surface area contributed by atoms with Crippen molar-refractivity contribution in [1.82, 2.24) is 0 Å². The van der Waals surface area contributed by atoms with E-state index in [1.807, 2.05) is 0 Å². The lowest BCUT2D eigenvalue weighted by molar-refractivity contribution is 0.146. The number of rotatable bonds is 6. The largest absolute Gasteiger partial charge is 0.491 e. The molecule has 0 aliphatic carbocycles. The van der Waals surface area contributed by atoms with Crippen molar-refractivity contribution < 1.29 is 18.6 Å². The van der Waals surface area contributed by atoms with Crippen LogP contribution in [0.3, 0.4) is 0 Å². The van der Waals surface area contributed by atoms with Gasteiger partial charge in [-0.25, -0.2) is 4.57 Å². The van der Waals surface area contributed by atoms with Crippen molar-refractivity contribution in [2.45, 2.75) is 0 Å². The maximum Gasteiger partial charge on any atom is 0.395 e. The van der Waals surface area contributed by atoms with Gasteiger partial charge in [0.1, 0.15) is 18.1 Å². The fraction of sp³-hybridized carbons (Fsp3) is 0.333. The number of hydrogen-bond donors (Lipinski definition) is 0. The van der Waals surface area contributed by atoms with Gasteiger partial charge in [-0.15, -0.1) is 0 Å². The molecule has 0 fully saturated rings. The molecule has 76 valence electrons. The third kappa shape index (κ3) is 3.73. The van der Waals surface area contributed by atoms with Crippen LogP contribution in [0.5, 0.6) is 11.5 Å². The predicted octanol–water partition coefficient (Wildman–Crippen LogP) is 2.30. The molecule has 0 aromatic heterocycles. The SMILES string of the molecule is COCCOc1ccc(OP=O)cc1. The van der Waals surface area contributed by atoms with E-state index in [0.29, 0.717) is 19.0 Å². The molecule has 0 spiro atoms. The minimum atomic E-state index is -0.353. The Bertz CT molecular complexity index is 273. The Morgan fingerprint density at radius 3 is 2.36 bits per heavy atom. The second kappa shape index (κ2) is 6.35. The van der Waals surface area contributed by atoms with Gasteiger partial charge in [-0.3, -0.25) is 0 Å². The molecule has 4 nitrogen and oxygen atoms in total. The van der Waals surface area contributed by atoms with Gasteiger partial charge >= 0.3 is 8.69 Å².